The molecule has 1 saturated carbocycles. The Kier molecular flexibility index (Phi) is 4.01. The van der Waals surface area contributed by atoms with Crippen molar-refractivity contribution < 1.29 is 14.7 Å². The molecule has 0 amide bonds. The molecule has 114 valence electrons. The fourth-order valence-corrected chi connectivity index (χ4v) is 3.41. The van der Waals surface area contributed by atoms with E-state index < -0.39 is 0 Å². The van der Waals surface area contributed by atoms with Crippen molar-refractivity contribution in [1.82, 2.24) is 0 Å². The summed E-state index contributed by atoms with van der Waals surface area (Å²) >= 11 is 0. The van der Waals surface area contributed by atoms with Crippen LogP contribution in [0.4, 0.5) is 0 Å². The van der Waals surface area contributed by atoms with Gasteiger partial charge < -0.3 is 20.4 Å². The van der Waals surface area contributed by atoms with Crippen molar-refractivity contribution in [3.05, 3.63) is 29.8 Å². The molecule has 1 unspecified atom stereocenters. The number of ether oxygens (including phenoxy) is 2. The van der Waals surface area contributed by atoms with Crippen molar-refractivity contribution >= 4 is 5.84 Å². The lowest BCUT2D eigenvalue weighted by molar-refractivity contribution is -0.108. The summed E-state index contributed by atoms with van der Waals surface area (Å²) in [5, 5.41) is 11.6. The Labute approximate surface area is 124 Å². The summed E-state index contributed by atoms with van der Waals surface area (Å²) < 4.78 is 12.1. The average Bonchev–Trinajstić information content (AvgIpc) is 2.95. The van der Waals surface area contributed by atoms with Gasteiger partial charge in [0.05, 0.1) is 12.2 Å². The lowest BCUT2D eigenvalue weighted by Crippen LogP contribution is -2.41. The second kappa shape index (κ2) is 5.93. The summed E-state index contributed by atoms with van der Waals surface area (Å²) in [5.41, 5.74) is 6.30. The molecule has 5 nitrogen and oxygen atoms in total. The van der Waals surface area contributed by atoms with Gasteiger partial charge in [0.1, 0.15) is 11.9 Å². The van der Waals surface area contributed by atoms with Crippen LogP contribution in [0.1, 0.15) is 44.1 Å². The minimum atomic E-state index is 0.0663. The monoisotopic (exact) mass is 290 g/mol. The number of nitrogens with zero attached hydrogens (tertiary/aromatic N) is 1. The highest BCUT2D eigenvalue weighted by molar-refractivity contribution is 5.97. The van der Waals surface area contributed by atoms with Crippen molar-refractivity contribution in [2.24, 2.45) is 10.9 Å². The average molecular weight is 290 g/mol. The molecule has 0 aromatic heterocycles. The van der Waals surface area contributed by atoms with Gasteiger partial charge in [-0.25, -0.2) is 0 Å². The van der Waals surface area contributed by atoms with Crippen molar-refractivity contribution in [3.63, 3.8) is 0 Å². The van der Waals surface area contributed by atoms with Crippen molar-refractivity contribution in [1.29, 1.82) is 0 Å². The van der Waals surface area contributed by atoms with Crippen LogP contribution < -0.4 is 10.5 Å². The third-order valence-corrected chi connectivity index (χ3v) is 4.52. The topological polar surface area (TPSA) is 77.1 Å². The predicted octanol–water partition coefficient (Wildman–Crippen LogP) is 2.65. The molecule has 1 aliphatic carbocycles. The first-order valence-electron chi connectivity index (χ1n) is 7.59. The third-order valence-electron chi connectivity index (χ3n) is 4.52. The normalized spacial score (nSPS) is 25.1. The van der Waals surface area contributed by atoms with Gasteiger partial charge in [0.2, 0.25) is 0 Å². The van der Waals surface area contributed by atoms with E-state index in [1.165, 1.54) is 12.8 Å². The van der Waals surface area contributed by atoms with Gasteiger partial charge in [-0.05, 0) is 37.1 Å². The molecule has 5 heteroatoms. The molecule has 3 rings (SSSR count). The molecule has 0 radical (unpaired) electrons. The molecule has 3 N–H and O–H groups in total. The number of hydrogen-bond acceptors (Lipinski definition) is 4. The highest BCUT2D eigenvalue weighted by Gasteiger charge is 2.40. The van der Waals surface area contributed by atoms with Gasteiger partial charge in [-0.15, -0.1) is 0 Å². The lowest BCUT2D eigenvalue weighted by atomic mass is 9.90. The Bertz CT molecular complexity index is 507. The summed E-state index contributed by atoms with van der Waals surface area (Å²) in [4.78, 5) is 0. The van der Waals surface area contributed by atoms with E-state index >= 15 is 0 Å². The van der Waals surface area contributed by atoms with Crippen molar-refractivity contribution in [2.75, 3.05) is 6.61 Å². The summed E-state index contributed by atoms with van der Waals surface area (Å²) in [6.45, 7) is 0.785. The maximum atomic E-state index is 8.65. The number of benzene rings is 1. The fourth-order valence-electron chi connectivity index (χ4n) is 3.41. The Morgan fingerprint density at radius 2 is 2.00 bits per heavy atom. The molecule has 1 saturated heterocycles. The van der Waals surface area contributed by atoms with E-state index in [9.17, 15) is 0 Å². The van der Waals surface area contributed by atoms with Crippen LogP contribution in [0.15, 0.2) is 29.4 Å². The molecule has 21 heavy (non-hydrogen) atoms. The van der Waals surface area contributed by atoms with Gasteiger partial charge >= 0.3 is 0 Å². The van der Waals surface area contributed by atoms with Crippen LogP contribution in [0.3, 0.4) is 0 Å². The Morgan fingerprint density at radius 1 is 1.29 bits per heavy atom. The molecule has 1 aromatic carbocycles. The first-order valence-corrected chi connectivity index (χ1v) is 7.59. The van der Waals surface area contributed by atoms with E-state index in [0.717, 1.165) is 38.0 Å². The summed E-state index contributed by atoms with van der Waals surface area (Å²) in [6, 6.07) is 7.33. The molecule has 1 spiro atoms. The highest BCUT2D eigenvalue weighted by Crippen LogP contribution is 2.40. The first kappa shape index (κ1) is 14.2. The van der Waals surface area contributed by atoms with Crippen LogP contribution in [-0.4, -0.2) is 29.4 Å². The van der Waals surface area contributed by atoms with E-state index in [2.05, 4.69) is 5.16 Å². The molecule has 2 fully saturated rings. The molecule has 1 aromatic rings. The SMILES string of the molecule is N/C(=N/O)c1ccc(OC2CCOC3(CCCC3)C2)cc1. The largest absolute Gasteiger partial charge is 0.490 e. The zero-order valence-corrected chi connectivity index (χ0v) is 12.1. The second-order valence-corrected chi connectivity index (χ2v) is 5.98. The van der Waals surface area contributed by atoms with Gasteiger partial charge in [-0.1, -0.05) is 18.0 Å². The van der Waals surface area contributed by atoms with Crippen LogP contribution >= 0.6 is 0 Å². The number of hydrogen-bond donors (Lipinski definition) is 2. The molecule has 1 atom stereocenters. The zero-order chi connectivity index (χ0) is 14.7. The van der Waals surface area contributed by atoms with E-state index in [1.54, 1.807) is 12.1 Å². The smallest absolute Gasteiger partial charge is 0.170 e. The Balaban J connectivity index is 1.63. The predicted molar refractivity (Wildman–Crippen MR) is 79.8 cm³/mol. The van der Waals surface area contributed by atoms with Gasteiger partial charge in [-0.3, -0.25) is 0 Å². The second-order valence-electron chi connectivity index (χ2n) is 5.98. The van der Waals surface area contributed by atoms with Crippen LogP contribution in [0, 0.1) is 0 Å². The molecule has 2 aliphatic rings. The molecule has 0 bridgehead atoms. The van der Waals surface area contributed by atoms with Crippen LogP contribution in [-0.2, 0) is 4.74 Å². The first-order chi connectivity index (χ1) is 10.2. The molecule has 1 aliphatic heterocycles. The molecule has 1 heterocycles. The minimum Gasteiger partial charge on any atom is -0.490 e. The van der Waals surface area contributed by atoms with E-state index in [0.29, 0.717) is 5.56 Å². The van der Waals surface area contributed by atoms with Gasteiger partial charge in [0.25, 0.3) is 0 Å². The Morgan fingerprint density at radius 3 is 2.67 bits per heavy atom. The van der Waals surface area contributed by atoms with Crippen LogP contribution in [0.25, 0.3) is 0 Å². The molecular formula is C16H22N2O3. The zero-order valence-electron chi connectivity index (χ0n) is 12.1. The van der Waals surface area contributed by atoms with Gasteiger partial charge in [-0.2, -0.15) is 0 Å². The fraction of sp³-hybridized carbons (Fsp3) is 0.562. The van der Waals surface area contributed by atoms with Gasteiger partial charge in [0.15, 0.2) is 5.84 Å². The summed E-state index contributed by atoms with van der Waals surface area (Å²) in [5.74, 6) is 0.932. The number of rotatable bonds is 3. The van der Waals surface area contributed by atoms with Crippen LogP contribution in [0.5, 0.6) is 5.75 Å². The van der Waals surface area contributed by atoms with Crippen molar-refractivity contribution in [3.8, 4) is 5.75 Å². The summed E-state index contributed by atoms with van der Waals surface area (Å²) in [7, 11) is 0. The number of amidine groups is 1. The number of nitrogens with two attached hydrogens (primary N) is 1. The Hall–Kier alpha value is -1.75. The number of oxime groups is 1. The van der Waals surface area contributed by atoms with Crippen LogP contribution in [0.2, 0.25) is 0 Å². The minimum absolute atomic E-state index is 0.0663. The standard InChI is InChI=1S/C16H22N2O3/c17-15(18-19)12-3-5-13(6-4-12)21-14-7-10-20-16(11-14)8-1-2-9-16/h3-6,14,19H,1-2,7-11H2,(H2,17,18). The third kappa shape index (κ3) is 3.13. The van der Waals surface area contributed by atoms with E-state index in [4.69, 9.17) is 20.4 Å². The maximum absolute atomic E-state index is 8.65. The molecular weight excluding hydrogens is 268 g/mol. The summed E-state index contributed by atoms with van der Waals surface area (Å²) in [6.07, 6.45) is 6.98. The maximum Gasteiger partial charge on any atom is 0.170 e. The van der Waals surface area contributed by atoms with Gasteiger partial charge in [0, 0.05) is 18.4 Å². The van der Waals surface area contributed by atoms with E-state index in [1.807, 2.05) is 12.1 Å². The van der Waals surface area contributed by atoms with Crippen molar-refractivity contribution in [2.45, 2.75) is 50.2 Å². The lowest BCUT2D eigenvalue weighted by Gasteiger charge is -2.38. The quantitative estimate of drug-likeness (QED) is 0.388. The van der Waals surface area contributed by atoms with E-state index in [-0.39, 0.29) is 17.5 Å². The highest BCUT2D eigenvalue weighted by atomic mass is 16.5.